The maximum absolute atomic E-state index is 12.6. The number of benzene rings is 2. The van der Waals surface area contributed by atoms with Crippen LogP contribution in [0.2, 0.25) is 0 Å². The summed E-state index contributed by atoms with van der Waals surface area (Å²) in [6.45, 7) is -1.30. The van der Waals surface area contributed by atoms with Crippen molar-refractivity contribution in [1.29, 1.82) is 5.26 Å². The van der Waals surface area contributed by atoms with Gasteiger partial charge in [-0.3, -0.25) is 0 Å². The van der Waals surface area contributed by atoms with E-state index in [9.17, 15) is 4.79 Å². The van der Waals surface area contributed by atoms with Crippen molar-refractivity contribution in [3.8, 4) is 6.07 Å². The van der Waals surface area contributed by atoms with Gasteiger partial charge < -0.3 is 20.5 Å². The lowest BCUT2D eigenvalue weighted by Gasteiger charge is -2.19. The number of aromatic amines is 1. The third kappa shape index (κ3) is 3.67. The average Bonchev–Trinajstić information content (AvgIpc) is 3.45. The van der Waals surface area contributed by atoms with Crippen LogP contribution in [0.3, 0.4) is 0 Å². The van der Waals surface area contributed by atoms with Crippen molar-refractivity contribution in [2.45, 2.75) is 12.9 Å². The van der Waals surface area contributed by atoms with E-state index in [0.717, 1.165) is 16.6 Å². The van der Waals surface area contributed by atoms with Crippen LogP contribution < -0.4 is 15.5 Å². The maximum Gasteiger partial charge on any atom is 0.323 e. The van der Waals surface area contributed by atoms with Crippen molar-refractivity contribution in [3.05, 3.63) is 83.7 Å². The van der Waals surface area contributed by atoms with Crippen molar-refractivity contribution in [3.63, 3.8) is 0 Å². The minimum absolute atomic E-state index is 0.428. The molecule has 0 aliphatic carbocycles. The summed E-state index contributed by atoms with van der Waals surface area (Å²) in [6, 6.07) is 17.4. The van der Waals surface area contributed by atoms with Gasteiger partial charge in [0, 0.05) is 53.4 Å². The van der Waals surface area contributed by atoms with Gasteiger partial charge in [-0.05, 0) is 54.4 Å². The number of H-pyrrole nitrogens is 1. The molecule has 2 amide bonds. The van der Waals surface area contributed by atoms with Gasteiger partial charge in [-0.15, -0.1) is 0 Å². The van der Waals surface area contributed by atoms with Gasteiger partial charge in [0.05, 0.1) is 14.4 Å². The molecule has 7 heteroatoms. The van der Waals surface area contributed by atoms with Crippen molar-refractivity contribution in [2.75, 3.05) is 22.1 Å². The van der Waals surface area contributed by atoms with E-state index in [-0.39, 0.29) is 0 Å². The molecule has 31 heavy (non-hydrogen) atoms. The molecule has 0 bridgehead atoms. The van der Waals surface area contributed by atoms with E-state index in [2.05, 4.69) is 20.6 Å². The number of amides is 2. The molecule has 0 atom stereocenters. The first-order valence-corrected chi connectivity index (χ1v) is 9.87. The Morgan fingerprint density at radius 1 is 1.23 bits per heavy atom. The molecule has 0 spiro atoms. The second kappa shape index (κ2) is 7.84. The lowest BCUT2D eigenvalue weighted by Crippen LogP contribution is -2.20. The molecule has 2 aromatic carbocycles. The SMILES string of the molecule is [2H]C([2H])(c1c[nH]c2ncccc12)N1CCc2c(NC(=O)Nc3cccc(C#N)c3)cccc21. The summed E-state index contributed by atoms with van der Waals surface area (Å²) in [4.78, 5) is 21.6. The molecular weight excluding hydrogens is 388 g/mol. The Bertz CT molecular complexity index is 1410. The van der Waals surface area contributed by atoms with Crippen LogP contribution in [0.5, 0.6) is 0 Å². The van der Waals surface area contributed by atoms with E-state index in [0.29, 0.717) is 41.1 Å². The zero-order valence-electron chi connectivity index (χ0n) is 18.5. The molecule has 152 valence electrons. The highest BCUT2D eigenvalue weighted by Gasteiger charge is 2.23. The molecule has 1 aliphatic heterocycles. The van der Waals surface area contributed by atoms with Gasteiger partial charge in [-0.25, -0.2) is 9.78 Å². The standard InChI is InChI=1S/C24H20N6O/c25-13-16-4-1-5-18(12-16)28-24(31)29-21-7-2-8-22-20(21)9-11-30(22)15-17-14-27-23-19(17)6-3-10-26-23/h1-8,10,12,14H,9,11,15H2,(H,26,27)(H2,28,29,31)/i15D2. The number of nitrogens with one attached hydrogen (secondary N) is 3. The van der Waals surface area contributed by atoms with Crippen molar-refractivity contribution in [2.24, 2.45) is 0 Å². The Hall–Kier alpha value is -4.31. The van der Waals surface area contributed by atoms with Gasteiger partial charge in [0.15, 0.2) is 0 Å². The number of hydrogen-bond donors (Lipinski definition) is 3. The summed E-state index contributed by atoms with van der Waals surface area (Å²) in [7, 11) is 0. The van der Waals surface area contributed by atoms with E-state index < -0.39 is 12.5 Å². The van der Waals surface area contributed by atoms with E-state index >= 15 is 0 Å². The van der Waals surface area contributed by atoms with Crippen molar-refractivity contribution < 1.29 is 7.54 Å². The monoisotopic (exact) mass is 410 g/mol. The predicted octanol–water partition coefficient (Wildman–Crippen LogP) is 4.64. The lowest BCUT2D eigenvalue weighted by molar-refractivity contribution is 0.262. The van der Waals surface area contributed by atoms with Crippen molar-refractivity contribution in [1.82, 2.24) is 9.97 Å². The van der Waals surface area contributed by atoms with Crippen LogP contribution >= 0.6 is 0 Å². The Labute approximate surface area is 182 Å². The van der Waals surface area contributed by atoms with Gasteiger partial charge in [0.25, 0.3) is 0 Å². The number of carbonyl (C=O) groups excluding carboxylic acids is 1. The van der Waals surface area contributed by atoms with E-state index in [1.54, 1.807) is 59.8 Å². The number of fused-ring (bicyclic) bond motifs is 2. The Balaban J connectivity index is 1.40. The predicted molar refractivity (Wildman–Crippen MR) is 121 cm³/mol. The van der Waals surface area contributed by atoms with Crippen LogP contribution in [0.15, 0.2) is 67.0 Å². The minimum atomic E-state index is -1.77. The van der Waals surface area contributed by atoms with E-state index in [4.69, 9.17) is 8.00 Å². The molecule has 4 aromatic rings. The van der Waals surface area contributed by atoms with E-state index in [1.807, 2.05) is 18.2 Å². The quantitative estimate of drug-likeness (QED) is 0.456. The van der Waals surface area contributed by atoms with Crippen LogP contribution in [0, 0.1) is 11.3 Å². The van der Waals surface area contributed by atoms with E-state index in [1.165, 1.54) is 0 Å². The second-order valence-corrected chi connectivity index (χ2v) is 7.19. The number of urea groups is 1. The van der Waals surface area contributed by atoms with Crippen LogP contribution in [-0.4, -0.2) is 22.5 Å². The van der Waals surface area contributed by atoms with Gasteiger partial charge in [0.1, 0.15) is 5.65 Å². The third-order valence-electron chi connectivity index (χ3n) is 5.23. The van der Waals surface area contributed by atoms with Gasteiger partial charge in [-0.2, -0.15) is 5.26 Å². The highest BCUT2D eigenvalue weighted by atomic mass is 16.2. The Kier molecular flexibility index (Phi) is 4.17. The molecule has 0 saturated heterocycles. The zero-order chi connectivity index (χ0) is 23.0. The molecule has 1 aliphatic rings. The van der Waals surface area contributed by atoms with Crippen LogP contribution in [-0.2, 0) is 12.9 Å². The molecule has 2 aromatic heterocycles. The number of rotatable bonds is 4. The summed E-state index contributed by atoms with van der Waals surface area (Å²) < 4.78 is 17.8. The molecular formula is C24H20N6O. The number of nitriles is 1. The summed E-state index contributed by atoms with van der Waals surface area (Å²) >= 11 is 0. The first-order valence-electron chi connectivity index (χ1n) is 10.9. The lowest BCUT2D eigenvalue weighted by atomic mass is 10.1. The maximum atomic E-state index is 12.6. The normalized spacial score (nSPS) is 13.8. The number of pyridine rings is 1. The smallest absolute Gasteiger partial charge is 0.323 e. The molecule has 3 N–H and O–H groups in total. The topological polar surface area (TPSA) is 96.8 Å². The average molecular weight is 410 g/mol. The fraction of sp³-hybridized carbons (Fsp3) is 0.125. The Morgan fingerprint density at radius 2 is 2.13 bits per heavy atom. The number of nitrogens with zero attached hydrogens (tertiary/aromatic N) is 3. The van der Waals surface area contributed by atoms with Crippen LogP contribution in [0.4, 0.5) is 21.9 Å². The van der Waals surface area contributed by atoms with Crippen LogP contribution in [0.25, 0.3) is 11.0 Å². The highest BCUT2D eigenvalue weighted by Crippen LogP contribution is 2.35. The minimum Gasteiger partial charge on any atom is -0.367 e. The molecule has 0 radical (unpaired) electrons. The molecule has 0 unspecified atom stereocenters. The largest absolute Gasteiger partial charge is 0.367 e. The molecule has 5 rings (SSSR count). The van der Waals surface area contributed by atoms with Crippen molar-refractivity contribution >= 4 is 34.1 Å². The number of aromatic nitrogens is 2. The summed E-state index contributed by atoms with van der Waals surface area (Å²) in [5.74, 6) is 0. The summed E-state index contributed by atoms with van der Waals surface area (Å²) in [5.41, 5.74) is 4.38. The van der Waals surface area contributed by atoms with Gasteiger partial charge in [-0.1, -0.05) is 12.1 Å². The Morgan fingerprint density at radius 3 is 3.03 bits per heavy atom. The summed E-state index contributed by atoms with van der Waals surface area (Å²) in [6.07, 6.45) is 3.93. The van der Waals surface area contributed by atoms with Gasteiger partial charge >= 0.3 is 6.03 Å². The number of carbonyl (C=O) groups is 1. The number of hydrogen-bond acceptors (Lipinski definition) is 4. The fourth-order valence-corrected chi connectivity index (χ4v) is 3.81. The molecule has 7 nitrogen and oxygen atoms in total. The first-order chi connectivity index (χ1) is 16.0. The van der Waals surface area contributed by atoms with Crippen LogP contribution in [0.1, 0.15) is 19.4 Å². The summed E-state index contributed by atoms with van der Waals surface area (Å²) in [5, 5.41) is 15.4. The zero-order valence-corrected chi connectivity index (χ0v) is 16.5. The third-order valence-corrected chi connectivity index (χ3v) is 5.23. The molecule has 0 saturated carbocycles. The number of anilines is 3. The van der Waals surface area contributed by atoms with Gasteiger partial charge in [0.2, 0.25) is 0 Å². The fourth-order valence-electron chi connectivity index (χ4n) is 3.81. The second-order valence-electron chi connectivity index (χ2n) is 7.19. The molecule has 3 heterocycles. The molecule has 0 fully saturated rings. The highest BCUT2D eigenvalue weighted by molar-refractivity contribution is 6.01. The first kappa shape index (κ1) is 16.5.